The minimum absolute atomic E-state index is 0.274. The number of carbonyl (C=O) groups excluding carboxylic acids is 3. The van der Waals surface area contributed by atoms with E-state index in [1.54, 1.807) is 12.1 Å². The van der Waals surface area contributed by atoms with Crippen LogP contribution in [0.25, 0.3) is 10.2 Å². The predicted octanol–water partition coefficient (Wildman–Crippen LogP) is 4.07. The van der Waals surface area contributed by atoms with Gasteiger partial charge in [0.25, 0.3) is 17.7 Å². The summed E-state index contributed by atoms with van der Waals surface area (Å²) in [6.45, 7) is 0.598. The molecule has 158 valence electrons. The Bertz CT molecular complexity index is 1310. The zero-order chi connectivity index (χ0) is 22.1. The molecule has 4 aromatic rings. The van der Waals surface area contributed by atoms with Crippen molar-refractivity contribution in [2.24, 2.45) is 0 Å². The Morgan fingerprint density at radius 3 is 2.47 bits per heavy atom. The average molecular weight is 442 g/mol. The Morgan fingerprint density at radius 1 is 0.906 bits per heavy atom. The minimum Gasteiger partial charge on any atom is -0.346 e. The summed E-state index contributed by atoms with van der Waals surface area (Å²) in [5.74, 6) is -0.987. The molecule has 2 heterocycles. The molecule has 7 heteroatoms. The van der Waals surface area contributed by atoms with Gasteiger partial charge >= 0.3 is 0 Å². The van der Waals surface area contributed by atoms with Crippen LogP contribution < -0.4 is 5.32 Å². The van der Waals surface area contributed by atoms with Gasteiger partial charge in [-0.25, -0.2) is 4.98 Å². The van der Waals surface area contributed by atoms with Crippen LogP contribution in [0.2, 0.25) is 0 Å². The summed E-state index contributed by atoms with van der Waals surface area (Å²) in [6.07, 6.45) is 0.585. The topological polar surface area (TPSA) is 79.4 Å². The number of nitrogens with zero attached hydrogens (tertiary/aromatic N) is 2. The normalized spacial score (nSPS) is 12.9. The van der Waals surface area contributed by atoms with Crippen LogP contribution in [0.4, 0.5) is 0 Å². The number of rotatable bonds is 6. The predicted molar refractivity (Wildman–Crippen MR) is 123 cm³/mol. The lowest BCUT2D eigenvalue weighted by atomic mass is 10.1. The van der Waals surface area contributed by atoms with Gasteiger partial charge in [-0.1, -0.05) is 42.5 Å². The first kappa shape index (κ1) is 20.1. The fourth-order valence-corrected chi connectivity index (χ4v) is 4.68. The number of aromatic nitrogens is 1. The van der Waals surface area contributed by atoms with Gasteiger partial charge in [0, 0.05) is 12.1 Å². The first-order valence-electron chi connectivity index (χ1n) is 10.3. The lowest BCUT2D eigenvalue weighted by molar-refractivity contribution is 0.0656. The summed E-state index contributed by atoms with van der Waals surface area (Å²) < 4.78 is 1.06. The van der Waals surface area contributed by atoms with Gasteiger partial charge in [0.15, 0.2) is 0 Å². The lowest BCUT2D eigenvalue weighted by Crippen LogP contribution is -2.31. The van der Waals surface area contributed by atoms with Crippen LogP contribution >= 0.6 is 11.3 Å². The Morgan fingerprint density at radius 2 is 1.66 bits per heavy atom. The summed E-state index contributed by atoms with van der Waals surface area (Å²) in [5.41, 5.74) is 2.91. The van der Waals surface area contributed by atoms with E-state index in [4.69, 9.17) is 0 Å². The number of amides is 3. The third-order valence-corrected chi connectivity index (χ3v) is 6.47. The number of hydrogen-bond acceptors (Lipinski definition) is 5. The quantitative estimate of drug-likeness (QED) is 0.458. The van der Waals surface area contributed by atoms with E-state index in [2.05, 4.69) is 10.3 Å². The van der Waals surface area contributed by atoms with Gasteiger partial charge in [0.05, 0.1) is 27.9 Å². The van der Waals surface area contributed by atoms with E-state index in [0.717, 1.165) is 20.8 Å². The van der Waals surface area contributed by atoms with E-state index in [0.29, 0.717) is 30.6 Å². The summed E-state index contributed by atoms with van der Waals surface area (Å²) in [6, 6.07) is 22.2. The molecule has 0 spiro atoms. The molecule has 0 aliphatic carbocycles. The molecular weight excluding hydrogens is 422 g/mol. The van der Waals surface area contributed by atoms with Crippen molar-refractivity contribution in [3.05, 3.63) is 100 Å². The molecule has 5 rings (SSSR count). The van der Waals surface area contributed by atoms with Crippen LogP contribution in [0, 0.1) is 0 Å². The lowest BCUT2D eigenvalue weighted by Gasteiger charge is -2.13. The molecule has 1 aliphatic rings. The standard InChI is InChI=1S/C25H19N3O3S/c29-23(26-15-22-27-20-8-4-5-9-21(20)32-22)17-10-11-18-19(14-17)25(31)28(24(18)30)13-12-16-6-2-1-3-7-16/h1-11,14H,12-13,15H2,(H,26,29). The van der Waals surface area contributed by atoms with Gasteiger partial charge in [-0.15, -0.1) is 11.3 Å². The second-order valence-electron chi connectivity index (χ2n) is 7.52. The zero-order valence-electron chi connectivity index (χ0n) is 17.1. The first-order valence-corrected chi connectivity index (χ1v) is 11.1. The highest BCUT2D eigenvalue weighted by atomic mass is 32.1. The highest BCUT2D eigenvalue weighted by molar-refractivity contribution is 7.18. The smallest absolute Gasteiger partial charge is 0.261 e. The van der Waals surface area contributed by atoms with Gasteiger partial charge < -0.3 is 5.32 Å². The van der Waals surface area contributed by atoms with E-state index in [1.165, 1.54) is 22.3 Å². The van der Waals surface area contributed by atoms with Gasteiger partial charge in [0.2, 0.25) is 0 Å². The molecule has 0 saturated heterocycles. The van der Waals surface area contributed by atoms with Crippen molar-refractivity contribution in [1.29, 1.82) is 0 Å². The van der Waals surface area contributed by atoms with Gasteiger partial charge in [0.1, 0.15) is 5.01 Å². The van der Waals surface area contributed by atoms with E-state index >= 15 is 0 Å². The average Bonchev–Trinajstić information content (AvgIpc) is 3.35. The van der Waals surface area contributed by atoms with Gasteiger partial charge in [-0.2, -0.15) is 0 Å². The Kier molecular flexibility index (Phi) is 5.25. The number of imide groups is 1. The van der Waals surface area contributed by atoms with Crippen LogP contribution in [0.3, 0.4) is 0 Å². The number of carbonyl (C=O) groups is 3. The number of hydrogen-bond donors (Lipinski definition) is 1. The molecule has 0 atom stereocenters. The minimum atomic E-state index is -0.359. The highest BCUT2D eigenvalue weighted by Gasteiger charge is 2.35. The van der Waals surface area contributed by atoms with Crippen molar-refractivity contribution in [3.8, 4) is 0 Å². The maximum Gasteiger partial charge on any atom is 0.261 e. The van der Waals surface area contributed by atoms with E-state index in [9.17, 15) is 14.4 Å². The molecule has 6 nitrogen and oxygen atoms in total. The maximum absolute atomic E-state index is 12.8. The molecule has 0 bridgehead atoms. The molecule has 32 heavy (non-hydrogen) atoms. The third-order valence-electron chi connectivity index (χ3n) is 5.44. The van der Waals surface area contributed by atoms with Gasteiger partial charge in [-0.3, -0.25) is 19.3 Å². The molecule has 1 N–H and O–H groups in total. The number of para-hydroxylation sites is 1. The highest BCUT2D eigenvalue weighted by Crippen LogP contribution is 2.25. The molecule has 0 saturated carbocycles. The maximum atomic E-state index is 12.8. The third kappa shape index (κ3) is 3.78. The number of nitrogens with one attached hydrogen (secondary N) is 1. The van der Waals surface area contributed by atoms with Crippen LogP contribution in [-0.2, 0) is 13.0 Å². The molecule has 0 unspecified atom stereocenters. The van der Waals surface area contributed by atoms with Crippen molar-refractivity contribution in [3.63, 3.8) is 0 Å². The second-order valence-corrected chi connectivity index (χ2v) is 8.63. The molecule has 1 aromatic heterocycles. The van der Waals surface area contributed by atoms with Crippen molar-refractivity contribution >= 4 is 39.3 Å². The molecule has 0 radical (unpaired) electrons. The Hall–Kier alpha value is -3.84. The summed E-state index contributed by atoms with van der Waals surface area (Å²) in [4.78, 5) is 44.0. The van der Waals surface area contributed by atoms with Crippen molar-refractivity contribution < 1.29 is 14.4 Å². The summed E-state index contributed by atoms with van der Waals surface area (Å²) >= 11 is 1.53. The summed E-state index contributed by atoms with van der Waals surface area (Å²) in [5, 5.41) is 3.66. The molecule has 1 aliphatic heterocycles. The van der Waals surface area contributed by atoms with Crippen LogP contribution in [0.5, 0.6) is 0 Å². The Labute approximate surface area is 188 Å². The second kappa shape index (κ2) is 8.36. The molecule has 0 fully saturated rings. The van der Waals surface area contributed by atoms with Crippen molar-refractivity contribution in [2.45, 2.75) is 13.0 Å². The Balaban J connectivity index is 1.27. The van der Waals surface area contributed by atoms with Crippen LogP contribution in [0.1, 0.15) is 41.6 Å². The summed E-state index contributed by atoms with van der Waals surface area (Å²) in [7, 11) is 0. The molecule has 3 amide bonds. The fraction of sp³-hybridized carbons (Fsp3) is 0.120. The SMILES string of the molecule is O=C(NCc1nc2ccccc2s1)c1ccc2c(c1)C(=O)N(CCc1ccccc1)C2=O. The monoisotopic (exact) mass is 441 g/mol. The zero-order valence-corrected chi connectivity index (χ0v) is 17.9. The van der Waals surface area contributed by atoms with E-state index in [1.807, 2.05) is 54.6 Å². The van der Waals surface area contributed by atoms with Crippen LogP contribution in [0.15, 0.2) is 72.8 Å². The molecular formula is C25H19N3O3S. The van der Waals surface area contributed by atoms with E-state index < -0.39 is 0 Å². The van der Waals surface area contributed by atoms with Crippen molar-refractivity contribution in [1.82, 2.24) is 15.2 Å². The van der Waals surface area contributed by atoms with E-state index in [-0.39, 0.29) is 23.3 Å². The largest absolute Gasteiger partial charge is 0.346 e. The molecule has 3 aromatic carbocycles. The first-order chi connectivity index (χ1) is 15.6. The van der Waals surface area contributed by atoms with Gasteiger partial charge in [-0.05, 0) is 42.3 Å². The number of fused-ring (bicyclic) bond motifs is 2. The number of benzene rings is 3. The van der Waals surface area contributed by atoms with Crippen LogP contribution in [-0.4, -0.2) is 34.2 Å². The number of thiazole rings is 1. The fourth-order valence-electron chi connectivity index (χ4n) is 3.77. The van der Waals surface area contributed by atoms with Crippen molar-refractivity contribution in [2.75, 3.05) is 6.54 Å².